The largest absolute Gasteiger partial charge is 0.365 e. The first kappa shape index (κ1) is 18.7. The molecule has 0 N–H and O–H groups in total. The van der Waals surface area contributed by atoms with E-state index in [4.69, 9.17) is 0 Å². The highest BCUT2D eigenvalue weighted by molar-refractivity contribution is 7.15. The molecule has 28 heavy (non-hydrogen) atoms. The topological polar surface area (TPSA) is 36.4 Å². The Bertz CT molecular complexity index is 997. The van der Waals surface area contributed by atoms with Crippen molar-refractivity contribution in [2.24, 2.45) is 0 Å². The van der Waals surface area contributed by atoms with Gasteiger partial charge in [0.1, 0.15) is 0 Å². The molecule has 1 aliphatic rings. The summed E-state index contributed by atoms with van der Waals surface area (Å²) in [6, 6.07) is 16.8. The van der Waals surface area contributed by atoms with Crippen LogP contribution in [0.25, 0.3) is 10.6 Å². The fourth-order valence-electron chi connectivity index (χ4n) is 3.79. The summed E-state index contributed by atoms with van der Waals surface area (Å²) in [5.41, 5.74) is 4.08. The number of aromatic nitrogens is 1. The van der Waals surface area contributed by atoms with Crippen LogP contribution in [-0.2, 0) is 0 Å². The summed E-state index contributed by atoms with van der Waals surface area (Å²) in [5.74, 6) is 0.0904. The molecule has 1 aromatic carbocycles. The summed E-state index contributed by atoms with van der Waals surface area (Å²) in [6.07, 6.45) is 1.74. The van der Waals surface area contributed by atoms with Crippen LogP contribution in [0.5, 0.6) is 0 Å². The maximum atomic E-state index is 13.1. The Morgan fingerprint density at radius 3 is 2.68 bits per heavy atom. The van der Waals surface area contributed by atoms with E-state index in [-0.39, 0.29) is 11.9 Å². The number of carbonyl (C=O) groups excluding carboxylic acids is 1. The molecule has 0 saturated carbocycles. The highest BCUT2D eigenvalue weighted by atomic mass is 32.1. The van der Waals surface area contributed by atoms with Crippen LogP contribution in [0, 0.1) is 13.8 Å². The number of thiophene rings is 1. The van der Waals surface area contributed by atoms with Gasteiger partial charge in [0.15, 0.2) is 0 Å². The van der Waals surface area contributed by atoms with E-state index < -0.39 is 0 Å². The molecule has 4 rings (SSSR count). The molecule has 1 aliphatic heterocycles. The molecule has 2 aromatic heterocycles. The average Bonchev–Trinajstić information content (AvgIpc) is 3.14. The smallest absolute Gasteiger partial charge is 0.254 e. The first-order valence-corrected chi connectivity index (χ1v) is 10.5. The van der Waals surface area contributed by atoms with Gasteiger partial charge in [-0.25, -0.2) is 0 Å². The highest BCUT2D eigenvalue weighted by Gasteiger charge is 2.27. The van der Waals surface area contributed by atoms with E-state index in [1.165, 1.54) is 16.1 Å². The van der Waals surface area contributed by atoms with E-state index >= 15 is 0 Å². The SMILES string of the molecule is Cc1cccc(N2CCN(C(=O)c3ccnc(-c4ccc(C)s4)c3)C[C@H]2C)c1. The molecule has 1 fully saturated rings. The molecule has 0 aliphatic carbocycles. The minimum Gasteiger partial charge on any atom is -0.365 e. The summed E-state index contributed by atoms with van der Waals surface area (Å²) >= 11 is 1.70. The Hall–Kier alpha value is -2.66. The number of nitrogens with zero attached hydrogens (tertiary/aromatic N) is 3. The van der Waals surface area contributed by atoms with Gasteiger partial charge in [-0.15, -0.1) is 11.3 Å². The zero-order chi connectivity index (χ0) is 19.7. The van der Waals surface area contributed by atoms with E-state index in [9.17, 15) is 4.79 Å². The van der Waals surface area contributed by atoms with Crippen molar-refractivity contribution >= 4 is 22.9 Å². The lowest BCUT2D eigenvalue weighted by Crippen LogP contribution is -2.53. The van der Waals surface area contributed by atoms with E-state index in [1.54, 1.807) is 17.5 Å². The van der Waals surface area contributed by atoms with Gasteiger partial charge >= 0.3 is 0 Å². The van der Waals surface area contributed by atoms with Crippen LogP contribution in [0.2, 0.25) is 0 Å². The quantitative estimate of drug-likeness (QED) is 0.645. The summed E-state index contributed by atoms with van der Waals surface area (Å²) in [4.78, 5) is 24.3. The number of pyridine rings is 1. The van der Waals surface area contributed by atoms with Crippen LogP contribution in [0.3, 0.4) is 0 Å². The van der Waals surface area contributed by atoms with Crippen LogP contribution < -0.4 is 4.90 Å². The summed E-state index contributed by atoms with van der Waals surface area (Å²) < 4.78 is 0. The molecule has 0 radical (unpaired) electrons. The Morgan fingerprint density at radius 2 is 1.96 bits per heavy atom. The normalized spacial score (nSPS) is 17.0. The molecular formula is C23H25N3OS. The third-order valence-electron chi connectivity index (χ3n) is 5.25. The average molecular weight is 392 g/mol. The van der Waals surface area contributed by atoms with Gasteiger partial charge in [0.25, 0.3) is 5.91 Å². The molecule has 4 nitrogen and oxygen atoms in total. The molecule has 3 aromatic rings. The van der Waals surface area contributed by atoms with Crippen molar-refractivity contribution in [1.29, 1.82) is 0 Å². The lowest BCUT2D eigenvalue weighted by molar-refractivity contribution is 0.0726. The van der Waals surface area contributed by atoms with Crippen molar-refractivity contribution in [1.82, 2.24) is 9.88 Å². The fourth-order valence-corrected chi connectivity index (χ4v) is 4.62. The number of carbonyl (C=O) groups is 1. The van der Waals surface area contributed by atoms with E-state index in [2.05, 4.69) is 67.1 Å². The Kier molecular flexibility index (Phi) is 5.18. The highest BCUT2D eigenvalue weighted by Crippen LogP contribution is 2.27. The maximum Gasteiger partial charge on any atom is 0.254 e. The van der Waals surface area contributed by atoms with Gasteiger partial charge < -0.3 is 9.80 Å². The predicted molar refractivity (Wildman–Crippen MR) is 116 cm³/mol. The first-order chi connectivity index (χ1) is 13.5. The molecular weight excluding hydrogens is 366 g/mol. The maximum absolute atomic E-state index is 13.1. The van der Waals surface area contributed by atoms with Crippen molar-refractivity contribution in [2.75, 3.05) is 24.5 Å². The predicted octanol–water partition coefficient (Wildman–Crippen LogP) is 4.78. The number of rotatable bonds is 3. The number of anilines is 1. The number of piperazine rings is 1. The standard InChI is InChI=1S/C23H25N3OS/c1-16-5-4-6-20(13-16)26-12-11-25(15-17(26)2)23(27)19-9-10-24-21(14-19)22-8-7-18(3)28-22/h4-10,13-14,17H,11-12,15H2,1-3H3/t17-/m1/s1. The van der Waals surface area contributed by atoms with Crippen LogP contribution in [-0.4, -0.2) is 41.5 Å². The number of hydrogen-bond acceptors (Lipinski definition) is 4. The third kappa shape index (κ3) is 3.80. The summed E-state index contributed by atoms with van der Waals surface area (Å²) in [6.45, 7) is 8.68. The van der Waals surface area contributed by atoms with Crippen molar-refractivity contribution in [3.63, 3.8) is 0 Å². The molecule has 0 spiro atoms. The fraction of sp³-hybridized carbons (Fsp3) is 0.304. The molecule has 1 amide bonds. The number of benzene rings is 1. The Balaban J connectivity index is 1.49. The van der Waals surface area contributed by atoms with Crippen molar-refractivity contribution < 1.29 is 4.79 Å². The molecule has 0 unspecified atom stereocenters. The van der Waals surface area contributed by atoms with E-state index in [0.717, 1.165) is 30.2 Å². The van der Waals surface area contributed by atoms with Gasteiger partial charge in [-0.05, 0) is 62.7 Å². The van der Waals surface area contributed by atoms with Gasteiger partial charge in [-0.1, -0.05) is 12.1 Å². The first-order valence-electron chi connectivity index (χ1n) is 9.67. The van der Waals surface area contributed by atoms with Crippen molar-refractivity contribution in [3.8, 4) is 10.6 Å². The summed E-state index contributed by atoms with van der Waals surface area (Å²) in [7, 11) is 0. The molecule has 3 heterocycles. The minimum atomic E-state index is 0.0904. The lowest BCUT2D eigenvalue weighted by Gasteiger charge is -2.41. The monoisotopic (exact) mass is 391 g/mol. The van der Waals surface area contributed by atoms with E-state index in [1.807, 2.05) is 17.0 Å². The van der Waals surface area contributed by atoms with Crippen molar-refractivity contribution in [2.45, 2.75) is 26.8 Å². The second-order valence-corrected chi connectivity index (χ2v) is 8.76. The Morgan fingerprint density at radius 1 is 1.11 bits per heavy atom. The van der Waals surface area contributed by atoms with Crippen LogP contribution >= 0.6 is 11.3 Å². The second kappa shape index (κ2) is 7.76. The second-order valence-electron chi connectivity index (χ2n) is 7.47. The van der Waals surface area contributed by atoms with Crippen LogP contribution in [0.4, 0.5) is 5.69 Å². The van der Waals surface area contributed by atoms with Gasteiger partial charge in [0.05, 0.1) is 10.6 Å². The van der Waals surface area contributed by atoms with Crippen LogP contribution in [0.1, 0.15) is 27.7 Å². The molecule has 144 valence electrons. The number of aryl methyl sites for hydroxylation is 2. The number of hydrogen-bond donors (Lipinski definition) is 0. The molecule has 1 saturated heterocycles. The lowest BCUT2D eigenvalue weighted by atomic mass is 10.1. The van der Waals surface area contributed by atoms with E-state index in [0.29, 0.717) is 5.56 Å². The minimum absolute atomic E-state index is 0.0904. The van der Waals surface area contributed by atoms with Crippen molar-refractivity contribution in [3.05, 3.63) is 70.7 Å². The summed E-state index contributed by atoms with van der Waals surface area (Å²) in [5, 5.41) is 0. The zero-order valence-corrected chi connectivity index (χ0v) is 17.4. The van der Waals surface area contributed by atoms with Crippen LogP contribution in [0.15, 0.2) is 54.7 Å². The van der Waals surface area contributed by atoms with Gasteiger partial charge in [-0.2, -0.15) is 0 Å². The Labute approximate surface area is 170 Å². The van der Waals surface area contributed by atoms with Gasteiger partial charge in [0.2, 0.25) is 0 Å². The zero-order valence-electron chi connectivity index (χ0n) is 16.6. The molecule has 5 heteroatoms. The molecule has 1 atom stereocenters. The van der Waals surface area contributed by atoms with Gasteiger partial charge in [0, 0.05) is 48.0 Å². The number of amides is 1. The van der Waals surface area contributed by atoms with Gasteiger partial charge in [-0.3, -0.25) is 9.78 Å². The molecule has 0 bridgehead atoms. The third-order valence-corrected chi connectivity index (χ3v) is 6.27.